The summed E-state index contributed by atoms with van der Waals surface area (Å²) in [5.74, 6) is -3.00. The highest BCUT2D eigenvalue weighted by Crippen LogP contribution is 2.26. The van der Waals surface area contributed by atoms with E-state index in [1.54, 1.807) is 0 Å². The number of nitrogens with one attached hydrogen (secondary N) is 2. The average molecular weight is 439 g/mol. The maximum atomic E-state index is 14.4. The van der Waals surface area contributed by atoms with Crippen molar-refractivity contribution in [2.45, 2.75) is 0 Å². The van der Waals surface area contributed by atoms with Crippen LogP contribution in [0.3, 0.4) is 0 Å². The fourth-order valence-electron chi connectivity index (χ4n) is 3.32. The number of amides is 2. The van der Waals surface area contributed by atoms with E-state index in [4.69, 9.17) is 0 Å². The van der Waals surface area contributed by atoms with Crippen LogP contribution in [0.25, 0.3) is 10.9 Å². The number of fused-ring (bicyclic) bond motifs is 1. The molecule has 1 aliphatic rings. The Balaban J connectivity index is 1.84. The predicted molar refractivity (Wildman–Crippen MR) is 107 cm³/mol. The van der Waals surface area contributed by atoms with Crippen molar-refractivity contribution in [2.75, 3.05) is 47.3 Å². The molecular weight excluding hydrogens is 417 g/mol. The van der Waals surface area contributed by atoms with Crippen LogP contribution < -0.4 is 5.32 Å². The molecule has 1 aromatic carbocycles. The summed E-state index contributed by atoms with van der Waals surface area (Å²) in [6.45, 7) is 0.156. The van der Waals surface area contributed by atoms with Gasteiger partial charge in [0.15, 0.2) is 0 Å². The van der Waals surface area contributed by atoms with Gasteiger partial charge in [0.25, 0.3) is 27.8 Å². The lowest BCUT2D eigenvalue weighted by Crippen LogP contribution is -2.54. The van der Waals surface area contributed by atoms with Crippen molar-refractivity contribution in [3.8, 4) is 0 Å². The second-order valence-corrected chi connectivity index (χ2v) is 9.08. The van der Waals surface area contributed by atoms with E-state index in [0.29, 0.717) is 0 Å². The van der Waals surface area contributed by atoms with E-state index in [1.165, 1.54) is 42.6 Å². The minimum absolute atomic E-state index is 0.0337. The van der Waals surface area contributed by atoms with Crippen LogP contribution in [0.4, 0.5) is 4.39 Å². The molecule has 2 N–H and O–H groups in total. The lowest BCUT2D eigenvalue weighted by atomic mass is 10.0. The molecule has 3 rings (SSSR count). The Morgan fingerprint density at radius 3 is 2.30 bits per heavy atom. The van der Waals surface area contributed by atoms with E-state index in [9.17, 15) is 27.2 Å². The number of ketones is 1. The number of aromatic amines is 1. The van der Waals surface area contributed by atoms with Gasteiger partial charge < -0.3 is 15.2 Å². The molecule has 1 aromatic heterocycles. The molecule has 12 heteroatoms. The van der Waals surface area contributed by atoms with Gasteiger partial charge in [-0.1, -0.05) is 0 Å². The van der Waals surface area contributed by atoms with Crippen molar-refractivity contribution in [3.63, 3.8) is 0 Å². The molecule has 0 aliphatic carbocycles. The van der Waals surface area contributed by atoms with E-state index >= 15 is 0 Å². The molecule has 1 fully saturated rings. The second-order valence-electron chi connectivity index (χ2n) is 6.94. The lowest BCUT2D eigenvalue weighted by molar-refractivity contribution is -0.127. The molecule has 2 amide bonds. The molecule has 1 aliphatic heterocycles. The number of benzene rings is 1. The largest absolute Gasteiger partial charge is 0.360 e. The molecule has 10 nitrogen and oxygen atoms in total. The first-order valence-corrected chi connectivity index (χ1v) is 10.5. The average Bonchev–Trinajstić information content (AvgIpc) is 3.18. The van der Waals surface area contributed by atoms with Gasteiger partial charge in [-0.05, 0) is 12.1 Å². The number of piperazine rings is 1. The Morgan fingerprint density at radius 2 is 1.73 bits per heavy atom. The van der Waals surface area contributed by atoms with Crippen molar-refractivity contribution < 1.29 is 27.2 Å². The summed E-state index contributed by atoms with van der Waals surface area (Å²) in [5.41, 5.74) is 0.0805. The summed E-state index contributed by atoms with van der Waals surface area (Å²) in [5, 5.41) is 2.30. The van der Waals surface area contributed by atoms with Crippen LogP contribution in [0, 0.1) is 5.82 Å². The second kappa shape index (κ2) is 8.13. The summed E-state index contributed by atoms with van der Waals surface area (Å²) in [6.07, 6.45) is 1.20. The van der Waals surface area contributed by atoms with Crippen LogP contribution in [0.1, 0.15) is 20.7 Å². The van der Waals surface area contributed by atoms with Gasteiger partial charge in [-0.15, -0.1) is 0 Å². The summed E-state index contributed by atoms with van der Waals surface area (Å²) in [7, 11) is 0.635. The Kier molecular flexibility index (Phi) is 5.92. The SMILES string of the molecule is CNC(=O)c1ccc(F)c2c(C(=O)C(=O)N3CCN(S(=O)(=O)N(C)C)CC3)c[nH]c12. The normalized spacial score (nSPS) is 15.6. The molecule has 0 spiro atoms. The summed E-state index contributed by atoms with van der Waals surface area (Å²) >= 11 is 0. The topological polar surface area (TPSA) is 123 Å². The Morgan fingerprint density at radius 1 is 1.10 bits per heavy atom. The first kappa shape index (κ1) is 21.9. The van der Waals surface area contributed by atoms with Crippen molar-refractivity contribution >= 4 is 38.7 Å². The van der Waals surface area contributed by atoms with Crippen LogP contribution in [-0.2, 0) is 15.0 Å². The standard InChI is InChI=1S/C18H22FN5O5S/c1-20-17(26)11-4-5-13(19)14-12(10-21-15(11)14)16(25)18(27)23-6-8-24(9-7-23)30(28,29)22(2)3/h4-5,10,21H,6-9H2,1-3H3,(H,20,26). The third-order valence-electron chi connectivity index (χ3n) is 5.01. The number of hydrogen-bond donors (Lipinski definition) is 2. The van der Waals surface area contributed by atoms with Crippen molar-refractivity contribution in [3.05, 3.63) is 35.3 Å². The van der Waals surface area contributed by atoms with E-state index in [0.717, 1.165) is 10.4 Å². The van der Waals surface area contributed by atoms with Gasteiger partial charge in [-0.3, -0.25) is 14.4 Å². The van der Waals surface area contributed by atoms with Crippen molar-refractivity contribution in [2.24, 2.45) is 0 Å². The van der Waals surface area contributed by atoms with Gasteiger partial charge in [-0.2, -0.15) is 17.0 Å². The molecule has 0 unspecified atom stereocenters. The summed E-state index contributed by atoms with van der Waals surface area (Å²) < 4.78 is 41.1. The fourth-order valence-corrected chi connectivity index (χ4v) is 4.41. The molecule has 2 aromatic rings. The molecule has 0 atom stereocenters. The molecule has 162 valence electrons. The maximum absolute atomic E-state index is 14.4. The first-order valence-electron chi connectivity index (χ1n) is 9.12. The Hall–Kier alpha value is -2.83. The van der Waals surface area contributed by atoms with Crippen molar-refractivity contribution in [1.29, 1.82) is 0 Å². The number of carbonyl (C=O) groups excluding carboxylic acids is 3. The molecule has 1 saturated heterocycles. The number of aromatic nitrogens is 1. The van der Waals surface area contributed by atoms with Gasteiger partial charge in [-0.25, -0.2) is 4.39 Å². The van der Waals surface area contributed by atoms with E-state index < -0.39 is 33.6 Å². The van der Waals surface area contributed by atoms with E-state index in [1.807, 2.05) is 0 Å². The molecule has 2 heterocycles. The number of Topliss-reactive ketones (excluding diaryl/α,β-unsaturated/α-hetero) is 1. The van der Waals surface area contributed by atoms with Crippen LogP contribution >= 0.6 is 0 Å². The zero-order chi connectivity index (χ0) is 22.2. The summed E-state index contributed by atoms with van der Waals surface area (Å²) in [4.78, 5) is 41.4. The van der Waals surface area contributed by atoms with Gasteiger partial charge >= 0.3 is 0 Å². The van der Waals surface area contributed by atoms with Crippen LogP contribution in [0.5, 0.6) is 0 Å². The van der Waals surface area contributed by atoms with Gasteiger partial charge in [0.05, 0.1) is 16.6 Å². The predicted octanol–water partition coefficient (Wildman–Crippen LogP) is -0.200. The third-order valence-corrected chi connectivity index (χ3v) is 6.95. The first-order chi connectivity index (χ1) is 14.1. The van der Waals surface area contributed by atoms with Crippen LogP contribution in [0.2, 0.25) is 0 Å². The number of halogens is 1. The number of carbonyl (C=O) groups is 3. The van der Waals surface area contributed by atoms with Gasteiger partial charge in [0.1, 0.15) is 5.82 Å². The fraction of sp³-hybridized carbons (Fsp3) is 0.389. The molecular formula is C18H22FN5O5S. The highest BCUT2D eigenvalue weighted by molar-refractivity contribution is 7.86. The van der Waals surface area contributed by atoms with E-state index in [2.05, 4.69) is 10.3 Å². The Bertz CT molecular complexity index is 1120. The van der Waals surface area contributed by atoms with Crippen molar-refractivity contribution in [1.82, 2.24) is 23.8 Å². The lowest BCUT2D eigenvalue weighted by Gasteiger charge is -2.34. The quantitative estimate of drug-likeness (QED) is 0.493. The maximum Gasteiger partial charge on any atom is 0.295 e. The third kappa shape index (κ3) is 3.68. The number of nitrogens with zero attached hydrogens (tertiary/aromatic N) is 3. The number of hydrogen-bond acceptors (Lipinski definition) is 5. The number of rotatable bonds is 5. The zero-order valence-electron chi connectivity index (χ0n) is 16.7. The minimum atomic E-state index is -3.61. The number of H-pyrrole nitrogens is 1. The molecule has 0 bridgehead atoms. The van der Waals surface area contributed by atoms with Crippen LogP contribution in [0.15, 0.2) is 18.3 Å². The van der Waals surface area contributed by atoms with E-state index in [-0.39, 0.29) is 48.2 Å². The monoisotopic (exact) mass is 439 g/mol. The molecule has 30 heavy (non-hydrogen) atoms. The highest BCUT2D eigenvalue weighted by atomic mass is 32.2. The minimum Gasteiger partial charge on any atom is -0.360 e. The van der Waals surface area contributed by atoms with Gasteiger partial charge in [0.2, 0.25) is 0 Å². The highest BCUT2D eigenvalue weighted by Gasteiger charge is 2.33. The Labute approximate surface area is 172 Å². The smallest absolute Gasteiger partial charge is 0.295 e. The van der Waals surface area contributed by atoms with Gasteiger partial charge in [0, 0.05) is 58.9 Å². The molecule has 0 saturated carbocycles. The summed E-state index contributed by atoms with van der Waals surface area (Å²) in [6, 6.07) is 2.35. The molecule has 0 radical (unpaired) electrons. The van der Waals surface area contributed by atoms with Crippen LogP contribution in [-0.4, -0.2) is 91.8 Å². The zero-order valence-corrected chi connectivity index (χ0v) is 17.5.